The fraction of sp³-hybridized carbons (Fsp3) is 1.00. The summed E-state index contributed by atoms with van der Waals surface area (Å²) in [5.41, 5.74) is 0.517. The van der Waals surface area contributed by atoms with Crippen LogP contribution in [0.1, 0.15) is 52.9 Å². The lowest BCUT2D eigenvalue weighted by molar-refractivity contribution is 0.149. The van der Waals surface area contributed by atoms with E-state index in [-0.39, 0.29) is 0 Å². The maximum atomic E-state index is 4.59. The molecule has 0 aromatic heterocycles. The Morgan fingerprint density at radius 2 is 1.75 bits per heavy atom. The Morgan fingerprint density at radius 1 is 1.19 bits per heavy atom. The zero-order chi connectivity index (χ0) is 12.2. The standard InChI is InChI=1S/C14H29NS/c1-12(2)9-13(3)15(4)10-14(11-16)7-5-6-8-14/h12-13,16H,5-11H2,1-4H3. The van der Waals surface area contributed by atoms with Crippen molar-refractivity contribution in [2.75, 3.05) is 19.3 Å². The SMILES string of the molecule is CC(C)CC(C)N(C)CC1(CS)CCCC1. The molecule has 0 radical (unpaired) electrons. The minimum absolute atomic E-state index is 0.517. The van der Waals surface area contributed by atoms with Crippen LogP contribution in [0.3, 0.4) is 0 Å². The molecule has 0 bridgehead atoms. The van der Waals surface area contributed by atoms with Crippen LogP contribution < -0.4 is 0 Å². The Morgan fingerprint density at radius 3 is 2.19 bits per heavy atom. The molecule has 0 aromatic rings. The molecule has 0 spiro atoms. The molecule has 0 N–H and O–H groups in total. The summed E-state index contributed by atoms with van der Waals surface area (Å²) >= 11 is 4.59. The molecule has 0 aromatic carbocycles. The maximum Gasteiger partial charge on any atom is 0.00665 e. The second kappa shape index (κ2) is 6.30. The van der Waals surface area contributed by atoms with E-state index in [0.29, 0.717) is 11.5 Å². The van der Waals surface area contributed by atoms with Crippen LogP contribution in [0.25, 0.3) is 0 Å². The van der Waals surface area contributed by atoms with Gasteiger partial charge in [0.2, 0.25) is 0 Å². The van der Waals surface area contributed by atoms with Crippen molar-refractivity contribution in [1.29, 1.82) is 0 Å². The lowest BCUT2D eigenvalue weighted by atomic mass is 9.87. The molecule has 0 amide bonds. The number of nitrogens with zero attached hydrogens (tertiary/aromatic N) is 1. The van der Waals surface area contributed by atoms with Crippen molar-refractivity contribution < 1.29 is 0 Å². The van der Waals surface area contributed by atoms with Gasteiger partial charge in [-0.1, -0.05) is 26.7 Å². The summed E-state index contributed by atoms with van der Waals surface area (Å²) in [6.45, 7) is 8.23. The molecule has 1 atom stereocenters. The first-order valence-electron chi connectivity index (χ1n) is 6.80. The molecule has 1 rings (SSSR count). The lowest BCUT2D eigenvalue weighted by Gasteiger charge is -2.36. The van der Waals surface area contributed by atoms with Crippen molar-refractivity contribution in [3.63, 3.8) is 0 Å². The van der Waals surface area contributed by atoms with Gasteiger partial charge in [0.25, 0.3) is 0 Å². The Kier molecular flexibility index (Phi) is 5.66. The van der Waals surface area contributed by atoms with Crippen LogP contribution in [0.5, 0.6) is 0 Å². The highest BCUT2D eigenvalue weighted by Gasteiger charge is 2.34. The summed E-state index contributed by atoms with van der Waals surface area (Å²) in [4.78, 5) is 2.56. The molecule has 0 saturated heterocycles. The molecule has 96 valence electrons. The van der Waals surface area contributed by atoms with Gasteiger partial charge in [0, 0.05) is 12.6 Å². The van der Waals surface area contributed by atoms with E-state index in [2.05, 4.69) is 45.3 Å². The second-order valence-electron chi connectivity index (χ2n) is 6.26. The first-order valence-corrected chi connectivity index (χ1v) is 7.43. The van der Waals surface area contributed by atoms with Gasteiger partial charge in [0.05, 0.1) is 0 Å². The third-order valence-electron chi connectivity index (χ3n) is 4.15. The van der Waals surface area contributed by atoms with Crippen LogP contribution in [0.4, 0.5) is 0 Å². The van der Waals surface area contributed by atoms with E-state index >= 15 is 0 Å². The monoisotopic (exact) mass is 243 g/mol. The van der Waals surface area contributed by atoms with E-state index in [1.165, 1.54) is 38.6 Å². The molecular weight excluding hydrogens is 214 g/mol. The molecule has 1 unspecified atom stereocenters. The Labute approximate surface area is 107 Å². The summed E-state index contributed by atoms with van der Waals surface area (Å²) in [6.07, 6.45) is 6.89. The summed E-state index contributed by atoms with van der Waals surface area (Å²) in [5.74, 6) is 1.86. The Balaban J connectivity index is 2.45. The van der Waals surface area contributed by atoms with E-state index < -0.39 is 0 Å². The van der Waals surface area contributed by atoms with E-state index in [1.54, 1.807) is 0 Å². The van der Waals surface area contributed by atoms with Crippen molar-refractivity contribution in [3.05, 3.63) is 0 Å². The fourth-order valence-corrected chi connectivity index (χ4v) is 3.45. The number of rotatable bonds is 6. The molecule has 2 heteroatoms. The number of thiol groups is 1. The largest absolute Gasteiger partial charge is 0.303 e. The Hall–Kier alpha value is 0.310. The van der Waals surface area contributed by atoms with Crippen LogP contribution >= 0.6 is 12.6 Å². The van der Waals surface area contributed by atoms with E-state index in [1.807, 2.05) is 0 Å². The molecule has 1 fully saturated rings. The lowest BCUT2D eigenvalue weighted by Crippen LogP contribution is -2.40. The van der Waals surface area contributed by atoms with Gasteiger partial charge >= 0.3 is 0 Å². The van der Waals surface area contributed by atoms with Gasteiger partial charge in [-0.3, -0.25) is 0 Å². The van der Waals surface area contributed by atoms with Crippen molar-refractivity contribution in [1.82, 2.24) is 4.90 Å². The summed E-state index contributed by atoms with van der Waals surface area (Å²) < 4.78 is 0. The molecule has 16 heavy (non-hydrogen) atoms. The topological polar surface area (TPSA) is 3.24 Å². The summed E-state index contributed by atoms with van der Waals surface area (Å²) in [7, 11) is 2.29. The zero-order valence-corrected chi connectivity index (χ0v) is 12.4. The molecular formula is C14H29NS. The van der Waals surface area contributed by atoms with E-state index in [9.17, 15) is 0 Å². The van der Waals surface area contributed by atoms with Crippen LogP contribution in [0, 0.1) is 11.3 Å². The molecule has 1 aliphatic carbocycles. The van der Waals surface area contributed by atoms with E-state index in [0.717, 1.165) is 11.7 Å². The van der Waals surface area contributed by atoms with Gasteiger partial charge in [0.15, 0.2) is 0 Å². The average Bonchev–Trinajstić information content (AvgIpc) is 2.66. The zero-order valence-electron chi connectivity index (χ0n) is 11.5. The third kappa shape index (κ3) is 3.96. The summed E-state index contributed by atoms with van der Waals surface area (Å²) in [5, 5.41) is 0. The van der Waals surface area contributed by atoms with Gasteiger partial charge < -0.3 is 4.90 Å². The minimum Gasteiger partial charge on any atom is -0.303 e. The van der Waals surface area contributed by atoms with Crippen molar-refractivity contribution in [3.8, 4) is 0 Å². The maximum absolute atomic E-state index is 4.59. The van der Waals surface area contributed by atoms with E-state index in [4.69, 9.17) is 0 Å². The van der Waals surface area contributed by atoms with Crippen molar-refractivity contribution in [2.45, 2.75) is 58.9 Å². The first-order chi connectivity index (χ1) is 7.49. The van der Waals surface area contributed by atoms with Crippen LogP contribution in [-0.2, 0) is 0 Å². The van der Waals surface area contributed by atoms with Gasteiger partial charge in [-0.25, -0.2) is 0 Å². The summed E-state index contributed by atoms with van der Waals surface area (Å²) in [6, 6.07) is 0.706. The molecule has 1 saturated carbocycles. The van der Waals surface area contributed by atoms with Crippen LogP contribution in [0.2, 0.25) is 0 Å². The van der Waals surface area contributed by atoms with Gasteiger partial charge in [-0.15, -0.1) is 0 Å². The Bertz CT molecular complexity index is 197. The minimum atomic E-state index is 0.517. The highest BCUT2D eigenvalue weighted by molar-refractivity contribution is 7.80. The molecule has 0 heterocycles. The highest BCUT2D eigenvalue weighted by Crippen LogP contribution is 2.39. The first kappa shape index (κ1) is 14.4. The van der Waals surface area contributed by atoms with Gasteiger partial charge in [-0.2, -0.15) is 12.6 Å². The average molecular weight is 243 g/mol. The van der Waals surface area contributed by atoms with Crippen molar-refractivity contribution in [2.24, 2.45) is 11.3 Å². The van der Waals surface area contributed by atoms with Gasteiger partial charge in [0.1, 0.15) is 0 Å². The second-order valence-corrected chi connectivity index (χ2v) is 6.58. The van der Waals surface area contributed by atoms with Crippen LogP contribution in [-0.4, -0.2) is 30.3 Å². The number of hydrogen-bond acceptors (Lipinski definition) is 2. The molecule has 0 aliphatic heterocycles. The number of hydrogen-bond donors (Lipinski definition) is 1. The normalized spacial score (nSPS) is 21.9. The predicted molar refractivity (Wildman–Crippen MR) is 76.3 cm³/mol. The quantitative estimate of drug-likeness (QED) is 0.694. The fourth-order valence-electron chi connectivity index (χ4n) is 3.04. The smallest absolute Gasteiger partial charge is 0.00665 e. The van der Waals surface area contributed by atoms with Crippen molar-refractivity contribution >= 4 is 12.6 Å². The van der Waals surface area contributed by atoms with Gasteiger partial charge in [-0.05, 0) is 50.3 Å². The van der Waals surface area contributed by atoms with Crippen LogP contribution in [0.15, 0.2) is 0 Å². The molecule has 1 nitrogen and oxygen atoms in total. The highest BCUT2D eigenvalue weighted by atomic mass is 32.1. The third-order valence-corrected chi connectivity index (χ3v) is 4.82. The predicted octanol–water partition coefficient (Wildman–Crippen LogP) is 3.84. The molecule has 1 aliphatic rings.